The van der Waals surface area contributed by atoms with Crippen LogP contribution in [0.2, 0.25) is 5.02 Å². The van der Waals surface area contributed by atoms with E-state index in [1.807, 2.05) is 26.0 Å². The van der Waals surface area contributed by atoms with Gasteiger partial charge in [0.15, 0.2) is 0 Å². The molecule has 186 valence electrons. The number of carbonyl (C=O) groups excluding carboxylic acids is 1. The summed E-state index contributed by atoms with van der Waals surface area (Å²) in [4.78, 5) is 13.2. The first-order valence-electron chi connectivity index (χ1n) is 11.4. The van der Waals surface area contributed by atoms with Crippen LogP contribution in [-0.2, 0) is 14.8 Å². The number of hydrogen-bond donors (Lipinski definition) is 1. The molecule has 1 N–H and O–H groups in total. The van der Waals surface area contributed by atoms with Crippen molar-refractivity contribution < 1.29 is 17.9 Å². The Bertz CT molecular complexity index is 1280. The van der Waals surface area contributed by atoms with Crippen molar-refractivity contribution in [1.29, 1.82) is 0 Å². The minimum absolute atomic E-state index is 0.0548. The molecule has 0 saturated heterocycles. The third kappa shape index (κ3) is 6.16. The van der Waals surface area contributed by atoms with Gasteiger partial charge in [-0.05, 0) is 85.0 Å². The number of benzene rings is 3. The van der Waals surface area contributed by atoms with Crippen molar-refractivity contribution in [3.05, 3.63) is 88.4 Å². The van der Waals surface area contributed by atoms with Crippen molar-refractivity contribution in [2.45, 2.75) is 44.6 Å². The van der Waals surface area contributed by atoms with Gasteiger partial charge in [-0.25, -0.2) is 8.42 Å². The number of rotatable bonds is 9. The summed E-state index contributed by atoms with van der Waals surface area (Å²) in [5, 5.41) is 3.39. The number of ether oxygens (including phenoxy) is 1. The zero-order valence-corrected chi connectivity index (χ0v) is 22.2. The lowest BCUT2D eigenvalue weighted by atomic mass is 9.93. The van der Waals surface area contributed by atoms with Gasteiger partial charge in [-0.15, -0.1) is 0 Å². The van der Waals surface area contributed by atoms with Crippen LogP contribution in [0.25, 0.3) is 0 Å². The average molecular weight is 515 g/mol. The van der Waals surface area contributed by atoms with Crippen molar-refractivity contribution in [3.63, 3.8) is 0 Å². The van der Waals surface area contributed by atoms with Crippen LogP contribution in [0.3, 0.4) is 0 Å². The predicted octanol–water partition coefficient (Wildman–Crippen LogP) is 5.85. The van der Waals surface area contributed by atoms with Crippen LogP contribution in [0.15, 0.2) is 71.6 Å². The van der Waals surface area contributed by atoms with Crippen molar-refractivity contribution >= 4 is 33.2 Å². The highest BCUT2D eigenvalue weighted by Gasteiger charge is 2.28. The number of nitrogens with zero attached hydrogens (tertiary/aromatic N) is 1. The summed E-state index contributed by atoms with van der Waals surface area (Å²) >= 11 is 5.94. The molecule has 0 radical (unpaired) electrons. The largest absolute Gasteiger partial charge is 0.496 e. The third-order valence-electron chi connectivity index (χ3n) is 5.82. The fraction of sp³-hybridized carbons (Fsp3) is 0.296. The van der Waals surface area contributed by atoms with E-state index in [1.165, 1.54) is 24.3 Å². The lowest BCUT2D eigenvalue weighted by Gasteiger charge is -2.26. The quantitative estimate of drug-likeness (QED) is 0.388. The number of nitrogens with one attached hydrogen (secondary N) is 1. The van der Waals surface area contributed by atoms with Crippen molar-refractivity contribution in [3.8, 4) is 5.75 Å². The van der Waals surface area contributed by atoms with Gasteiger partial charge in [0.2, 0.25) is 5.91 Å². The molecule has 0 bridgehead atoms. The van der Waals surface area contributed by atoms with Crippen LogP contribution in [0, 0.1) is 6.92 Å². The number of aryl methyl sites for hydroxylation is 1. The number of carbonyl (C=O) groups is 1. The second-order valence-electron chi connectivity index (χ2n) is 8.70. The van der Waals surface area contributed by atoms with Crippen LogP contribution in [-0.4, -0.2) is 28.0 Å². The maximum absolute atomic E-state index is 13.5. The van der Waals surface area contributed by atoms with Crippen LogP contribution in [0.5, 0.6) is 5.75 Å². The van der Waals surface area contributed by atoms with E-state index in [9.17, 15) is 13.2 Å². The lowest BCUT2D eigenvalue weighted by molar-refractivity contribution is -0.120. The van der Waals surface area contributed by atoms with E-state index in [0.717, 1.165) is 26.7 Å². The Morgan fingerprint density at radius 2 is 1.63 bits per heavy atom. The van der Waals surface area contributed by atoms with Gasteiger partial charge in [-0.1, -0.05) is 43.6 Å². The Morgan fingerprint density at radius 3 is 2.20 bits per heavy atom. The van der Waals surface area contributed by atoms with Crippen LogP contribution in [0.1, 0.15) is 49.4 Å². The summed E-state index contributed by atoms with van der Waals surface area (Å²) in [6, 6.07) is 18.1. The molecule has 6 nitrogen and oxygen atoms in total. The predicted molar refractivity (Wildman–Crippen MR) is 141 cm³/mol. The molecule has 0 saturated carbocycles. The van der Waals surface area contributed by atoms with E-state index in [0.29, 0.717) is 10.7 Å². The normalized spacial score (nSPS) is 12.3. The van der Waals surface area contributed by atoms with E-state index in [4.69, 9.17) is 16.3 Å². The Balaban J connectivity index is 1.89. The maximum Gasteiger partial charge on any atom is 0.264 e. The molecule has 3 aromatic rings. The highest BCUT2D eigenvalue weighted by atomic mass is 35.5. The summed E-state index contributed by atoms with van der Waals surface area (Å²) in [5.41, 5.74) is 3.38. The summed E-state index contributed by atoms with van der Waals surface area (Å²) in [5.74, 6) is 0.634. The van der Waals surface area contributed by atoms with Gasteiger partial charge in [0, 0.05) is 5.02 Å². The van der Waals surface area contributed by atoms with Gasteiger partial charge in [0.05, 0.1) is 23.7 Å². The Labute approximate surface area is 212 Å². The highest BCUT2D eigenvalue weighted by Crippen LogP contribution is 2.32. The molecule has 0 fully saturated rings. The number of halogens is 1. The topological polar surface area (TPSA) is 75.7 Å². The first kappa shape index (κ1) is 26.6. The number of para-hydroxylation sites is 1. The van der Waals surface area contributed by atoms with Gasteiger partial charge >= 0.3 is 0 Å². The van der Waals surface area contributed by atoms with Gasteiger partial charge in [-0.3, -0.25) is 9.10 Å². The highest BCUT2D eigenvalue weighted by molar-refractivity contribution is 7.92. The molecule has 3 aromatic carbocycles. The minimum Gasteiger partial charge on any atom is -0.496 e. The summed E-state index contributed by atoms with van der Waals surface area (Å²) < 4.78 is 33.6. The molecule has 0 spiro atoms. The molecule has 35 heavy (non-hydrogen) atoms. The average Bonchev–Trinajstić information content (AvgIpc) is 2.82. The second kappa shape index (κ2) is 11.1. The lowest BCUT2D eigenvalue weighted by Crippen LogP contribution is -2.41. The van der Waals surface area contributed by atoms with Gasteiger partial charge in [-0.2, -0.15) is 0 Å². The zero-order valence-electron chi connectivity index (χ0n) is 20.6. The van der Waals surface area contributed by atoms with E-state index >= 15 is 0 Å². The third-order valence-corrected chi connectivity index (χ3v) is 7.86. The number of hydrogen-bond acceptors (Lipinski definition) is 4. The molecule has 1 amide bonds. The van der Waals surface area contributed by atoms with Crippen LogP contribution >= 0.6 is 11.6 Å². The number of anilines is 1. The van der Waals surface area contributed by atoms with E-state index in [-0.39, 0.29) is 23.4 Å². The van der Waals surface area contributed by atoms with Gasteiger partial charge in [0.25, 0.3) is 10.0 Å². The fourth-order valence-corrected chi connectivity index (χ4v) is 5.50. The van der Waals surface area contributed by atoms with E-state index in [1.54, 1.807) is 37.4 Å². The molecule has 0 aliphatic rings. The van der Waals surface area contributed by atoms with Crippen LogP contribution < -0.4 is 14.4 Å². The Morgan fingerprint density at radius 1 is 1.00 bits per heavy atom. The summed E-state index contributed by atoms with van der Waals surface area (Å²) in [6.07, 6.45) is 0. The molecule has 1 atom stereocenters. The van der Waals surface area contributed by atoms with Gasteiger partial charge < -0.3 is 10.1 Å². The smallest absolute Gasteiger partial charge is 0.264 e. The fourth-order valence-electron chi connectivity index (χ4n) is 3.95. The molecule has 0 unspecified atom stereocenters. The molecule has 3 rings (SSSR count). The minimum atomic E-state index is -4.00. The van der Waals surface area contributed by atoms with Crippen molar-refractivity contribution in [2.75, 3.05) is 18.0 Å². The zero-order chi connectivity index (χ0) is 25.8. The molecule has 0 aliphatic heterocycles. The molecule has 0 aliphatic carbocycles. The van der Waals surface area contributed by atoms with Crippen molar-refractivity contribution in [2.24, 2.45) is 0 Å². The van der Waals surface area contributed by atoms with Gasteiger partial charge in [0.1, 0.15) is 12.3 Å². The number of amides is 1. The molecule has 0 aromatic heterocycles. The first-order valence-corrected chi connectivity index (χ1v) is 13.2. The summed E-state index contributed by atoms with van der Waals surface area (Å²) in [6.45, 7) is 7.65. The number of sulfonamides is 1. The molecular weight excluding hydrogens is 484 g/mol. The van der Waals surface area contributed by atoms with E-state index < -0.39 is 15.9 Å². The first-order chi connectivity index (χ1) is 16.5. The number of methoxy groups -OCH3 is 1. The molecular formula is C27H31ClN2O4S. The van der Waals surface area contributed by atoms with Crippen molar-refractivity contribution in [1.82, 2.24) is 5.32 Å². The standard InChI is InChI=1S/C27H31ClN2O4S/c1-18(2)24-16-25(19(3)15-26(24)34-5)20(4)29-27(31)17-30(22-9-7-6-8-10-22)35(32,33)23-13-11-21(28)12-14-23/h6-16,18,20H,17H2,1-5H3,(H,29,31)/t20-/m1/s1. The summed E-state index contributed by atoms with van der Waals surface area (Å²) in [7, 11) is -2.36. The monoisotopic (exact) mass is 514 g/mol. The molecule has 8 heteroatoms. The van der Waals surface area contributed by atoms with E-state index in [2.05, 4.69) is 19.2 Å². The Hall–Kier alpha value is -3.03. The molecule has 0 heterocycles. The van der Waals surface area contributed by atoms with Crippen LogP contribution in [0.4, 0.5) is 5.69 Å². The second-order valence-corrected chi connectivity index (χ2v) is 11.0. The SMILES string of the molecule is COc1cc(C)c([C@@H](C)NC(=O)CN(c2ccccc2)S(=O)(=O)c2ccc(Cl)cc2)cc1C(C)C. The maximum atomic E-state index is 13.5. The Kier molecular flexibility index (Phi) is 8.46.